The molecule has 0 radical (unpaired) electrons. The van der Waals surface area contributed by atoms with Crippen molar-refractivity contribution in [3.8, 4) is 56.5 Å². The molecule has 0 amide bonds. The number of benzene rings is 8. The number of rotatable bonds is 5. The zero-order valence-electron chi connectivity index (χ0n) is 29.6. The van der Waals surface area contributed by atoms with Crippen LogP contribution in [0.1, 0.15) is 0 Å². The first-order chi connectivity index (χ1) is 27.3. The van der Waals surface area contributed by atoms with Crippen molar-refractivity contribution in [1.82, 2.24) is 9.97 Å². The summed E-state index contributed by atoms with van der Waals surface area (Å²) in [5.74, 6) is 2.45. The lowest BCUT2D eigenvalue weighted by atomic mass is 9.98. The number of nitrogens with zero attached hydrogens (tertiary/aromatic N) is 3. The number of ether oxygens (including phenoxy) is 1. The Labute approximate surface area is 322 Å². The van der Waals surface area contributed by atoms with Gasteiger partial charge in [0.15, 0.2) is 17.3 Å². The predicted molar refractivity (Wildman–Crippen MR) is 229 cm³/mol. The molecule has 8 aromatic carbocycles. The normalized spacial score (nSPS) is 12.1. The van der Waals surface area contributed by atoms with E-state index in [0.29, 0.717) is 5.82 Å². The van der Waals surface area contributed by atoms with E-state index in [1.54, 1.807) is 0 Å². The first-order valence-electron chi connectivity index (χ1n) is 18.4. The van der Waals surface area contributed by atoms with E-state index in [4.69, 9.17) is 14.7 Å². The maximum atomic E-state index is 6.81. The number of fused-ring (bicyclic) bond motifs is 9. The van der Waals surface area contributed by atoms with Gasteiger partial charge in [-0.25, -0.2) is 9.97 Å². The fourth-order valence-electron chi connectivity index (χ4n) is 7.85. The quantitative estimate of drug-likeness (QED) is 0.177. The molecule has 258 valence electrons. The largest absolute Gasteiger partial charge is 0.452 e. The van der Waals surface area contributed by atoms with Gasteiger partial charge in [-0.1, -0.05) is 152 Å². The van der Waals surface area contributed by atoms with E-state index in [0.717, 1.165) is 73.2 Å². The molecule has 4 nitrogen and oxygen atoms in total. The Hall–Kier alpha value is -7.08. The van der Waals surface area contributed by atoms with E-state index in [1.165, 1.54) is 25.6 Å². The van der Waals surface area contributed by atoms with Crippen LogP contribution in [0.4, 0.5) is 17.1 Å². The highest BCUT2D eigenvalue weighted by Crippen LogP contribution is 2.58. The van der Waals surface area contributed by atoms with Crippen molar-refractivity contribution in [2.45, 2.75) is 0 Å². The minimum Gasteiger partial charge on any atom is -0.452 e. The highest BCUT2D eigenvalue weighted by molar-refractivity contribution is 7.26. The number of hydrogen-bond donors (Lipinski definition) is 0. The molecule has 1 aliphatic heterocycles. The van der Waals surface area contributed by atoms with E-state index >= 15 is 0 Å². The molecular weight excluding hydrogens is 691 g/mol. The van der Waals surface area contributed by atoms with Gasteiger partial charge in [0.05, 0.1) is 21.8 Å². The zero-order valence-corrected chi connectivity index (χ0v) is 30.4. The Bertz CT molecular complexity index is 2990. The Morgan fingerprint density at radius 1 is 0.455 bits per heavy atom. The van der Waals surface area contributed by atoms with Gasteiger partial charge in [0.2, 0.25) is 0 Å². The molecule has 3 heterocycles. The lowest BCUT2D eigenvalue weighted by molar-refractivity contribution is 0.483. The van der Waals surface area contributed by atoms with Crippen molar-refractivity contribution in [2.75, 3.05) is 4.90 Å². The molecule has 5 heteroatoms. The highest BCUT2D eigenvalue weighted by Gasteiger charge is 2.31. The summed E-state index contributed by atoms with van der Waals surface area (Å²) in [6.07, 6.45) is 0. The fraction of sp³-hybridized carbons (Fsp3) is 0. The molecule has 55 heavy (non-hydrogen) atoms. The van der Waals surface area contributed by atoms with Crippen LogP contribution >= 0.6 is 11.3 Å². The maximum absolute atomic E-state index is 6.81. The van der Waals surface area contributed by atoms with Crippen LogP contribution in [0.2, 0.25) is 0 Å². The smallest absolute Gasteiger partial charge is 0.160 e. The Balaban J connectivity index is 0.996. The van der Waals surface area contributed by atoms with Gasteiger partial charge in [-0.3, -0.25) is 0 Å². The highest BCUT2D eigenvalue weighted by atomic mass is 32.1. The summed E-state index contributed by atoms with van der Waals surface area (Å²) in [6.45, 7) is 0. The average Bonchev–Trinajstić information content (AvgIpc) is 3.66. The van der Waals surface area contributed by atoms with Crippen LogP contribution in [0.3, 0.4) is 0 Å². The van der Waals surface area contributed by atoms with Gasteiger partial charge in [-0.2, -0.15) is 0 Å². The van der Waals surface area contributed by atoms with Crippen molar-refractivity contribution in [1.29, 1.82) is 0 Å². The van der Waals surface area contributed by atoms with Crippen LogP contribution in [-0.4, -0.2) is 9.97 Å². The lowest BCUT2D eigenvalue weighted by Gasteiger charge is -2.34. The van der Waals surface area contributed by atoms with Crippen LogP contribution < -0.4 is 9.64 Å². The van der Waals surface area contributed by atoms with Crippen LogP contribution in [0.25, 0.3) is 76.0 Å². The van der Waals surface area contributed by atoms with Crippen molar-refractivity contribution in [3.63, 3.8) is 0 Å². The van der Waals surface area contributed by atoms with Gasteiger partial charge in [0.25, 0.3) is 0 Å². The summed E-state index contributed by atoms with van der Waals surface area (Å²) >= 11 is 1.83. The minimum atomic E-state index is 0.712. The molecule has 0 spiro atoms. The summed E-state index contributed by atoms with van der Waals surface area (Å²) in [5.41, 5.74) is 10.3. The minimum absolute atomic E-state index is 0.712. The fourth-order valence-corrected chi connectivity index (χ4v) is 9.10. The summed E-state index contributed by atoms with van der Waals surface area (Å²) in [4.78, 5) is 12.4. The Kier molecular flexibility index (Phi) is 7.32. The number of hydrogen-bond acceptors (Lipinski definition) is 5. The molecule has 10 aromatic rings. The van der Waals surface area contributed by atoms with E-state index in [-0.39, 0.29) is 0 Å². The molecule has 0 N–H and O–H groups in total. The summed E-state index contributed by atoms with van der Waals surface area (Å²) in [6, 6.07) is 65.8. The second-order valence-corrected chi connectivity index (χ2v) is 14.8. The molecule has 11 rings (SSSR count). The number of thiophene rings is 1. The van der Waals surface area contributed by atoms with Gasteiger partial charge >= 0.3 is 0 Å². The van der Waals surface area contributed by atoms with Gasteiger partial charge in [0.1, 0.15) is 5.69 Å². The van der Waals surface area contributed by atoms with Gasteiger partial charge in [-0.15, -0.1) is 11.3 Å². The summed E-state index contributed by atoms with van der Waals surface area (Å²) < 4.78 is 9.30. The number of anilines is 3. The van der Waals surface area contributed by atoms with Crippen molar-refractivity contribution < 1.29 is 4.74 Å². The van der Waals surface area contributed by atoms with Crippen LogP contribution in [-0.2, 0) is 0 Å². The summed E-state index contributed by atoms with van der Waals surface area (Å²) in [5, 5.41) is 4.87. The van der Waals surface area contributed by atoms with E-state index < -0.39 is 0 Å². The third-order valence-electron chi connectivity index (χ3n) is 10.5. The Morgan fingerprint density at radius 2 is 1.00 bits per heavy atom. The molecular formula is C50H31N3OS. The molecule has 0 bridgehead atoms. The summed E-state index contributed by atoms with van der Waals surface area (Å²) in [7, 11) is 0. The molecule has 1 aliphatic rings. The van der Waals surface area contributed by atoms with Crippen LogP contribution in [0, 0.1) is 0 Å². The zero-order chi connectivity index (χ0) is 36.3. The van der Waals surface area contributed by atoms with Gasteiger partial charge in [-0.05, 0) is 52.9 Å². The van der Waals surface area contributed by atoms with Gasteiger partial charge < -0.3 is 9.64 Å². The van der Waals surface area contributed by atoms with Crippen LogP contribution in [0.5, 0.6) is 11.5 Å². The molecule has 2 aromatic heterocycles. The third kappa shape index (κ3) is 5.28. The van der Waals surface area contributed by atoms with Gasteiger partial charge in [0, 0.05) is 43.2 Å². The average molecular weight is 722 g/mol. The molecule has 0 aliphatic carbocycles. The first-order valence-corrected chi connectivity index (χ1v) is 19.2. The molecule has 0 saturated heterocycles. The van der Waals surface area contributed by atoms with Crippen molar-refractivity contribution in [2.24, 2.45) is 0 Å². The second kappa shape index (κ2) is 12.8. The standard InChI is InChI=1S/C50H31N3OS/c1-3-13-34(14-4-1)41-31-42(52-50(51-41)36-15-5-2-6-16-36)35-25-23-32(24-26-35)33-27-29-37(30-28-33)53-43-20-10-11-21-44(43)54-48-39-18-8-7-17-38(39)46-40-19-9-12-22-45(40)55-49(46)47(48)53/h1-31H. The monoisotopic (exact) mass is 721 g/mol. The van der Waals surface area contributed by atoms with Crippen LogP contribution in [0.15, 0.2) is 188 Å². The topological polar surface area (TPSA) is 38.2 Å². The molecule has 0 atom stereocenters. The number of para-hydroxylation sites is 2. The van der Waals surface area contributed by atoms with E-state index in [9.17, 15) is 0 Å². The maximum Gasteiger partial charge on any atom is 0.160 e. The van der Waals surface area contributed by atoms with Crippen molar-refractivity contribution in [3.05, 3.63) is 188 Å². The SMILES string of the molecule is c1ccc(-c2cc(-c3ccc(-c4ccc(N5c6ccccc6Oc6c5c5sc7ccccc7c5c5ccccc65)cc4)cc3)nc(-c3ccccc3)n2)cc1. The second-order valence-electron chi connectivity index (χ2n) is 13.7. The van der Waals surface area contributed by atoms with E-state index in [1.807, 2.05) is 53.8 Å². The van der Waals surface area contributed by atoms with Crippen molar-refractivity contribution >= 4 is 59.3 Å². The number of aromatic nitrogens is 2. The lowest BCUT2D eigenvalue weighted by Crippen LogP contribution is -2.16. The first kappa shape index (κ1) is 31.4. The van der Waals surface area contributed by atoms with E-state index in [2.05, 4.69) is 150 Å². The Morgan fingerprint density at radius 3 is 1.73 bits per heavy atom. The molecule has 0 unspecified atom stereocenters. The predicted octanol–water partition coefficient (Wildman–Crippen LogP) is 14.2. The molecule has 0 fully saturated rings. The third-order valence-corrected chi connectivity index (χ3v) is 11.7. The molecule has 0 saturated carbocycles.